The maximum atomic E-state index is 14.6. The van der Waals surface area contributed by atoms with Crippen molar-refractivity contribution in [3.05, 3.63) is 64.2 Å². The minimum atomic E-state index is -0.435. The maximum absolute atomic E-state index is 14.6. The smallest absolute Gasteiger partial charge is 0.414 e. The van der Waals surface area contributed by atoms with Gasteiger partial charge in [0.25, 0.3) is 5.56 Å². The van der Waals surface area contributed by atoms with E-state index in [0.29, 0.717) is 54.3 Å². The molecule has 2 atom stereocenters. The van der Waals surface area contributed by atoms with Crippen molar-refractivity contribution in [2.24, 2.45) is 0 Å². The van der Waals surface area contributed by atoms with E-state index in [2.05, 4.69) is 10.6 Å². The van der Waals surface area contributed by atoms with Crippen molar-refractivity contribution in [2.45, 2.75) is 30.0 Å². The van der Waals surface area contributed by atoms with Gasteiger partial charge in [-0.2, -0.15) is 0 Å². The van der Waals surface area contributed by atoms with Crippen molar-refractivity contribution in [1.29, 1.82) is 0 Å². The first-order valence-electron chi connectivity index (χ1n) is 11.1. The molecular formula is C24H21FN4O4S. The number of halogens is 1. The van der Waals surface area contributed by atoms with Crippen molar-refractivity contribution >= 4 is 46.0 Å². The summed E-state index contributed by atoms with van der Waals surface area (Å²) in [4.78, 5) is 39.0. The van der Waals surface area contributed by atoms with Crippen LogP contribution < -0.4 is 21.1 Å². The highest BCUT2D eigenvalue weighted by atomic mass is 32.2. The van der Waals surface area contributed by atoms with E-state index in [4.69, 9.17) is 4.74 Å². The standard InChI is InChI=1S/C24H21FN4O4S/c25-16-4-1-13-2-6-21(31)29-11-18(22(16)23(13)29)26-8-7-15-10-28(24(32)33-15)14-3-5-19-17(9-14)27-20(30)12-34-19/h1-6,9,15,18,26H,7-8,10-12H2,(H,27,30)/t15-,18-/m0/s1. The van der Waals surface area contributed by atoms with Crippen molar-refractivity contribution < 1.29 is 18.7 Å². The Kier molecular flexibility index (Phi) is 5.07. The number of benzene rings is 2. The fourth-order valence-corrected chi connectivity index (χ4v) is 5.68. The highest BCUT2D eigenvalue weighted by Gasteiger charge is 2.34. The number of pyridine rings is 1. The molecule has 174 valence electrons. The lowest BCUT2D eigenvalue weighted by Gasteiger charge is -2.20. The lowest BCUT2D eigenvalue weighted by Crippen LogP contribution is -2.29. The number of nitrogens with zero attached hydrogens (tertiary/aromatic N) is 2. The Balaban J connectivity index is 1.12. The van der Waals surface area contributed by atoms with Crippen molar-refractivity contribution in [2.75, 3.05) is 29.1 Å². The number of anilines is 2. The predicted molar refractivity (Wildman–Crippen MR) is 127 cm³/mol. The first-order chi connectivity index (χ1) is 16.5. The lowest BCUT2D eigenvalue weighted by molar-refractivity contribution is -0.113. The summed E-state index contributed by atoms with van der Waals surface area (Å²) in [5.41, 5.74) is 2.37. The Labute approximate surface area is 198 Å². The van der Waals surface area contributed by atoms with Gasteiger partial charge in [-0.15, -0.1) is 11.8 Å². The average Bonchev–Trinajstić information content (AvgIpc) is 3.39. The largest absolute Gasteiger partial charge is 0.444 e. The molecule has 6 rings (SSSR count). The van der Waals surface area contributed by atoms with E-state index in [1.165, 1.54) is 23.9 Å². The van der Waals surface area contributed by atoms with Crippen molar-refractivity contribution in [3.8, 4) is 0 Å². The van der Waals surface area contributed by atoms with Gasteiger partial charge >= 0.3 is 6.09 Å². The van der Waals surface area contributed by atoms with Crippen LogP contribution in [0, 0.1) is 5.82 Å². The van der Waals surface area contributed by atoms with Gasteiger partial charge in [-0.25, -0.2) is 9.18 Å². The predicted octanol–water partition coefficient (Wildman–Crippen LogP) is 3.24. The van der Waals surface area contributed by atoms with E-state index in [1.54, 1.807) is 27.7 Å². The van der Waals surface area contributed by atoms with Gasteiger partial charge in [0.2, 0.25) is 5.91 Å². The first kappa shape index (κ1) is 21.2. The van der Waals surface area contributed by atoms with Crippen LogP contribution in [0.15, 0.2) is 52.2 Å². The quantitative estimate of drug-likeness (QED) is 0.583. The zero-order valence-electron chi connectivity index (χ0n) is 18.0. The number of ether oxygens (including phenoxy) is 1. The molecule has 10 heteroatoms. The highest BCUT2D eigenvalue weighted by Crippen LogP contribution is 2.36. The summed E-state index contributed by atoms with van der Waals surface area (Å²) in [6.07, 6.45) is -0.221. The Hall–Kier alpha value is -3.37. The second-order valence-corrected chi connectivity index (χ2v) is 9.63. The number of rotatable bonds is 5. The lowest BCUT2D eigenvalue weighted by atomic mass is 10.1. The van der Waals surface area contributed by atoms with Crippen molar-refractivity contribution in [3.63, 3.8) is 0 Å². The first-order valence-corrected chi connectivity index (χ1v) is 12.1. The molecule has 3 aliphatic rings. The van der Waals surface area contributed by atoms with Gasteiger partial charge in [0.1, 0.15) is 11.9 Å². The number of hydrogen-bond acceptors (Lipinski definition) is 6. The van der Waals surface area contributed by atoms with Gasteiger partial charge in [0.05, 0.1) is 29.5 Å². The van der Waals surface area contributed by atoms with E-state index >= 15 is 0 Å². The average molecular weight is 481 g/mol. The molecule has 34 heavy (non-hydrogen) atoms. The van der Waals surface area contributed by atoms with Gasteiger partial charge < -0.3 is 19.9 Å². The molecule has 1 fully saturated rings. The number of amides is 2. The fourth-order valence-electron chi connectivity index (χ4n) is 4.89. The number of hydrogen-bond donors (Lipinski definition) is 2. The van der Waals surface area contributed by atoms with Crippen LogP contribution >= 0.6 is 11.8 Å². The summed E-state index contributed by atoms with van der Waals surface area (Å²) >= 11 is 1.47. The third-order valence-electron chi connectivity index (χ3n) is 6.49. The van der Waals surface area contributed by atoms with Crippen LogP contribution in [0.2, 0.25) is 0 Å². The summed E-state index contributed by atoms with van der Waals surface area (Å²) in [5.74, 6) is -0.0178. The number of carbonyl (C=O) groups is 2. The zero-order chi connectivity index (χ0) is 23.4. The number of thioether (sulfide) groups is 1. The third-order valence-corrected chi connectivity index (χ3v) is 7.56. The number of fused-ring (bicyclic) bond motifs is 1. The van der Waals surface area contributed by atoms with E-state index in [9.17, 15) is 18.8 Å². The van der Waals surface area contributed by atoms with Gasteiger partial charge in [-0.3, -0.25) is 14.5 Å². The summed E-state index contributed by atoms with van der Waals surface area (Å²) in [5, 5.41) is 7.01. The second kappa shape index (κ2) is 8.14. The zero-order valence-corrected chi connectivity index (χ0v) is 18.9. The minimum Gasteiger partial charge on any atom is -0.444 e. The summed E-state index contributed by atoms with van der Waals surface area (Å²) in [6.45, 7) is 1.24. The summed E-state index contributed by atoms with van der Waals surface area (Å²) in [6, 6.07) is 11.5. The van der Waals surface area contributed by atoms with Gasteiger partial charge in [0, 0.05) is 28.8 Å². The normalized spacial score (nSPS) is 21.0. The molecule has 0 bridgehead atoms. The van der Waals surface area contributed by atoms with E-state index in [-0.39, 0.29) is 29.4 Å². The molecule has 3 aliphatic heterocycles. The van der Waals surface area contributed by atoms with Crippen LogP contribution in [0.5, 0.6) is 0 Å². The molecule has 4 heterocycles. The number of cyclic esters (lactones) is 1. The minimum absolute atomic E-state index is 0.0638. The molecule has 0 saturated carbocycles. The highest BCUT2D eigenvalue weighted by molar-refractivity contribution is 8.00. The topological polar surface area (TPSA) is 92.7 Å². The molecule has 0 unspecified atom stereocenters. The summed E-state index contributed by atoms with van der Waals surface area (Å²) in [7, 11) is 0. The Morgan fingerprint density at radius 3 is 2.85 bits per heavy atom. The molecule has 2 aromatic carbocycles. The third kappa shape index (κ3) is 3.54. The molecule has 3 aromatic rings. The van der Waals surface area contributed by atoms with E-state index < -0.39 is 6.09 Å². The van der Waals surface area contributed by atoms with Gasteiger partial charge in [-0.1, -0.05) is 0 Å². The van der Waals surface area contributed by atoms with Crippen LogP contribution in [0.1, 0.15) is 18.0 Å². The van der Waals surface area contributed by atoms with E-state index in [0.717, 1.165) is 10.3 Å². The van der Waals surface area contributed by atoms with Gasteiger partial charge in [0.15, 0.2) is 0 Å². The molecule has 8 nitrogen and oxygen atoms in total. The Bertz CT molecular complexity index is 1410. The molecule has 0 spiro atoms. The molecule has 1 saturated heterocycles. The SMILES string of the molecule is O=C1CSc2ccc(N3C[C@H](CCN[C@H]4Cn5c(=O)ccc6ccc(F)c4c65)OC3=O)cc2N1. The number of aromatic nitrogens is 1. The van der Waals surface area contributed by atoms with E-state index in [1.807, 2.05) is 12.1 Å². The second-order valence-electron chi connectivity index (χ2n) is 8.61. The number of carbonyl (C=O) groups excluding carboxylic acids is 2. The molecule has 0 radical (unpaired) electrons. The van der Waals surface area contributed by atoms with Crippen LogP contribution in [0.25, 0.3) is 10.9 Å². The van der Waals surface area contributed by atoms with Crippen molar-refractivity contribution in [1.82, 2.24) is 9.88 Å². The van der Waals surface area contributed by atoms with Crippen LogP contribution in [-0.2, 0) is 16.1 Å². The number of nitrogens with one attached hydrogen (secondary N) is 2. The Morgan fingerprint density at radius 1 is 1.12 bits per heavy atom. The Morgan fingerprint density at radius 2 is 1.97 bits per heavy atom. The van der Waals surface area contributed by atoms with Crippen LogP contribution in [-0.4, -0.2) is 41.5 Å². The monoisotopic (exact) mass is 480 g/mol. The maximum Gasteiger partial charge on any atom is 0.414 e. The molecule has 1 aromatic heterocycles. The van der Waals surface area contributed by atoms with Crippen LogP contribution in [0.4, 0.5) is 20.6 Å². The van der Waals surface area contributed by atoms with Crippen LogP contribution in [0.3, 0.4) is 0 Å². The molecule has 2 amide bonds. The fraction of sp³-hybridized carbons (Fsp3) is 0.292. The molecule has 0 aliphatic carbocycles. The molecule has 2 N–H and O–H groups in total. The summed E-state index contributed by atoms with van der Waals surface area (Å²) < 4.78 is 21.8. The molecular weight excluding hydrogens is 459 g/mol. The van der Waals surface area contributed by atoms with Gasteiger partial charge in [-0.05, 0) is 54.8 Å².